The highest BCUT2D eigenvalue weighted by Crippen LogP contribution is 2.27. The molecule has 4 rings (SSSR count). The number of hydrogen-bond acceptors (Lipinski definition) is 7. The molecule has 3 N–H and O–H groups in total. The van der Waals surface area contributed by atoms with Gasteiger partial charge in [0.15, 0.2) is 0 Å². The summed E-state index contributed by atoms with van der Waals surface area (Å²) in [7, 11) is 0. The van der Waals surface area contributed by atoms with Crippen LogP contribution in [0.25, 0.3) is 5.95 Å². The van der Waals surface area contributed by atoms with E-state index in [1.165, 1.54) is 0 Å². The molecule has 1 aliphatic heterocycles. The van der Waals surface area contributed by atoms with Gasteiger partial charge in [0.05, 0.1) is 18.9 Å². The number of nitrogens with zero attached hydrogens (tertiary/aromatic N) is 5. The maximum atomic E-state index is 11.4. The van der Waals surface area contributed by atoms with Gasteiger partial charge in [0.25, 0.3) is 5.95 Å². The quantitative estimate of drug-likeness (QED) is 0.797. The lowest BCUT2D eigenvalue weighted by Gasteiger charge is -2.30. The number of hydrogen-bond donors (Lipinski definition) is 2. The Kier molecular flexibility index (Phi) is 5.43. The van der Waals surface area contributed by atoms with Gasteiger partial charge in [0.1, 0.15) is 11.6 Å². The van der Waals surface area contributed by atoms with Crippen LogP contribution >= 0.6 is 0 Å². The zero-order valence-corrected chi connectivity index (χ0v) is 16.2. The summed E-state index contributed by atoms with van der Waals surface area (Å²) in [5.74, 6) is 2.00. The van der Waals surface area contributed by atoms with Crippen LogP contribution in [0.4, 0.5) is 11.6 Å². The highest BCUT2D eigenvalue weighted by molar-refractivity contribution is 5.76. The summed E-state index contributed by atoms with van der Waals surface area (Å²) in [5.41, 5.74) is 6.36. The summed E-state index contributed by atoms with van der Waals surface area (Å²) in [5, 5.41) is 7.99. The number of anilines is 2. The van der Waals surface area contributed by atoms with Gasteiger partial charge in [0.2, 0.25) is 5.91 Å². The maximum Gasteiger partial charge on any atom is 0.254 e. The van der Waals surface area contributed by atoms with Crippen molar-refractivity contribution in [3.63, 3.8) is 0 Å². The lowest BCUT2D eigenvalue weighted by Crippen LogP contribution is -2.37. The Morgan fingerprint density at radius 3 is 2.61 bits per heavy atom. The molecule has 1 aliphatic carbocycles. The van der Waals surface area contributed by atoms with Gasteiger partial charge in [0, 0.05) is 37.3 Å². The molecule has 0 aromatic carbocycles. The van der Waals surface area contributed by atoms with Crippen LogP contribution in [0, 0.1) is 12.8 Å². The van der Waals surface area contributed by atoms with Crippen molar-refractivity contribution >= 4 is 17.5 Å². The number of aromatic nitrogens is 4. The molecule has 1 saturated carbocycles. The molecule has 150 valence electrons. The molecule has 28 heavy (non-hydrogen) atoms. The Morgan fingerprint density at radius 1 is 1.21 bits per heavy atom. The lowest BCUT2D eigenvalue weighted by atomic mass is 9.85. The van der Waals surface area contributed by atoms with Crippen molar-refractivity contribution in [3.05, 3.63) is 24.0 Å². The number of morpholine rings is 1. The number of rotatable bonds is 5. The van der Waals surface area contributed by atoms with E-state index < -0.39 is 0 Å². The third-order valence-corrected chi connectivity index (χ3v) is 5.44. The molecular formula is C19H27N7O2. The fourth-order valence-corrected chi connectivity index (χ4v) is 3.81. The third-order valence-electron chi connectivity index (χ3n) is 5.44. The van der Waals surface area contributed by atoms with Crippen molar-refractivity contribution in [1.29, 1.82) is 0 Å². The Bertz CT molecular complexity index is 823. The number of nitrogens with one attached hydrogen (secondary N) is 1. The highest BCUT2D eigenvalue weighted by Gasteiger charge is 2.25. The first-order valence-corrected chi connectivity index (χ1v) is 9.89. The fraction of sp³-hybridized carbons (Fsp3) is 0.579. The molecule has 0 atom stereocenters. The Morgan fingerprint density at radius 2 is 1.96 bits per heavy atom. The van der Waals surface area contributed by atoms with Crippen molar-refractivity contribution in [2.75, 3.05) is 36.5 Å². The smallest absolute Gasteiger partial charge is 0.254 e. The standard InChI is InChI=1S/C19H27N7O2/c1-13-6-7-26(24-13)19-22-16(12-17(23-19)25-8-10-28-11-9-25)21-15-4-2-14(3-5-15)18(20)27/h6-7,12,14-15H,2-5,8-11H2,1H3,(H2,20,27)(H,21,22,23). The third kappa shape index (κ3) is 4.24. The van der Waals surface area contributed by atoms with E-state index in [0.29, 0.717) is 19.2 Å². The van der Waals surface area contributed by atoms with Crippen molar-refractivity contribution in [1.82, 2.24) is 19.7 Å². The van der Waals surface area contributed by atoms with Crippen molar-refractivity contribution in [2.24, 2.45) is 11.7 Å². The average molecular weight is 385 g/mol. The highest BCUT2D eigenvalue weighted by atomic mass is 16.5. The number of ether oxygens (including phenoxy) is 1. The predicted molar refractivity (Wildman–Crippen MR) is 105 cm³/mol. The molecule has 0 bridgehead atoms. The summed E-state index contributed by atoms with van der Waals surface area (Å²) < 4.78 is 7.17. The Hall–Kier alpha value is -2.68. The molecule has 0 radical (unpaired) electrons. The van der Waals surface area contributed by atoms with E-state index in [0.717, 1.165) is 56.1 Å². The van der Waals surface area contributed by atoms with Crippen molar-refractivity contribution in [3.8, 4) is 5.95 Å². The van der Waals surface area contributed by atoms with Crippen LogP contribution < -0.4 is 16.0 Å². The second kappa shape index (κ2) is 8.14. The summed E-state index contributed by atoms with van der Waals surface area (Å²) in [6.45, 7) is 4.94. The molecule has 1 amide bonds. The number of carbonyl (C=O) groups excluding carboxylic acids is 1. The van der Waals surface area contributed by atoms with E-state index in [-0.39, 0.29) is 17.9 Å². The van der Waals surface area contributed by atoms with Crippen LogP contribution in [-0.2, 0) is 9.53 Å². The fourth-order valence-electron chi connectivity index (χ4n) is 3.81. The minimum atomic E-state index is -0.188. The number of carbonyl (C=O) groups is 1. The van der Waals surface area contributed by atoms with Gasteiger partial charge in [-0.15, -0.1) is 0 Å². The minimum absolute atomic E-state index is 0.00466. The molecule has 2 aliphatic rings. The Balaban J connectivity index is 1.56. The number of nitrogens with two attached hydrogens (primary N) is 1. The van der Waals surface area contributed by atoms with Crippen LogP contribution in [-0.4, -0.2) is 58.0 Å². The van der Waals surface area contributed by atoms with E-state index >= 15 is 0 Å². The minimum Gasteiger partial charge on any atom is -0.378 e. The predicted octanol–water partition coefficient (Wildman–Crippen LogP) is 1.26. The van der Waals surface area contributed by atoms with E-state index in [1.54, 1.807) is 4.68 Å². The van der Waals surface area contributed by atoms with Gasteiger partial charge in [-0.1, -0.05) is 0 Å². The molecular weight excluding hydrogens is 358 g/mol. The van der Waals surface area contributed by atoms with Gasteiger partial charge < -0.3 is 20.7 Å². The average Bonchev–Trinajstić information content (AvgIpc) is 3.15. The molecule has 9 heteroatoms. The van der Waals surface area contributed by atoms with Crippen LogP contribution in [0.5, 0.6) is 0 Å². The second-order valence-corrected chi connectivity index (χ2v) is 7.51. The maximum absolute atomic E-state index is 11.4. The van der Waals surface area contributed by atoms with Gasteiger partial charge in [-0.25, -0.2) is 4.68 Å². The van der Waals surface area contributed by atoms with Crippen molar-refractivity contribution < 1.29 is 9.53 Å². The zero-order chi connectivity index (χ0) is 19.5. The molecule has 2 aromatic heterocycles. The van der Waals surface area contributed by atoms with Gasteiger partial charge in [-0.2, -0.15) is 15.1 Å². The topological polar surface area (TPSA) is 111 Å². The van der Waals surface area contributed by atoms with Crippen LogP contribution in [0.15, 0.2) is 18.3 Å². The number of amides is 1. The first kappa shape index (κ1) is 18.7. The summed E-state index contributed by atoms with van der Waals surface area (Å²) in [6.07, 6.45) is 5.32. The molecule has 1 saturated heterocycles. The van der Waals surface area contributed by atoms with E-state index in [4.69, 9.17) is 15.5 Å². The molecule has 3 heterocycles. The summed E-state index contributed by atoms with van der Waals surface area (Å²) >= 11 is 0. The molecule has 2 aromatic rings. The van der Waals surface area contributed by atoms with Crippen LogP contribution in [0.1, 0.15) is 31.4 Å². The van der Waals surface area contributed by atoms with Crippen LogP contribution in [0.3, 0.4) is 0 Å². The van der Waals surface area contributed by atoms with E-state index in [2.05, 4.69) is 20.3 Å². The van der Waals surface area contributed by atoms with E-state index in [1.807, 2.05) is 25.3 Å². The normalized spacial score (nSPS) is 22.8. The largest absolute Gasteiger partial charge is 0.378 e. The number of primary amides is 1. The zero-order valence-electron chi connectivity index (χ0n) is 16.2. The van der Waals surface area contributed by atoms with E-state index in [9.17, 15) is 4.79 Å². The molecule has 0 spiro atoms. The van der Waals surface area contributed by atoms with Crippen molar-refractivity contribution in [2.45, 2.75) is 38.6 Å². The summed E-state index contributed by atoms with van der Waals surface area (Å²) in [6, 6.07) is 4.20. The lowest BCUT2D eigenvalue weighted by molar-refractivity contribution is -0.122. The Labute approximate surface area is 164 Å². The van der Waals surface area contributed by atoms with Gasteiger partial charge >= 0.3 is 0 Å². The van der Waals surface area contributed by atoms with Gasteiger partial charge in [-0.3, -0.25) is 4.79 Å². The first-order chi connectivity index (χ1) is 13.6. The molecule has 9 nitrogen and oxygen atoms in total. The van der Waals surface area contributed by atoms with Gasteiger partial charge in [-0.05, 0) is 38.7 Å². The second-order valence-electron chi connectivity index (χ2n) is 7.51. The molecule has 0 unspecified atom stereocenters. The number of aryl methyl sites for hydroxylation is 1. The first-order valence-electron chi connectivity index (χ1n) is 9.89. The SMILES string of the molecule is Cc1ccn(-c2nc(NC3CCC(C(N)=O)CC3)cc(N3CCOCC3)n2)n1. The summed E-state index contributed by atoms with van der Waals surface area (Å²) in [4.78, 5) is 23.0. The monoisotopic (exact) mass is 385 g/mol. The molecule has 2 fully saturated rings. The van der Waals surface area contributed by atoms with Crippen LogP contribution in [0.2, 0.25) is 0 Å².